The topological polar surface area (TPSA) is 62.2 Å². The minimum Gasteiger partial charge on any atom is -0.478 e. The number of benzene rings is 1. The van der Waals surface area contributed by atoms with Crippen LogP contribution in [0.15, 0.2) is 41.0 Å². The van der Waals surface area contributed by atoms with Crippen LogP contribution in [-0.4, -0.2) is 16.1 Å². The predicted octanol–water partition coefficient (Wildman–Crippen LogP) is 3.81. The molecule has 1 aromatic heterocycles. The summed E-state index contributed by atoms with van der Waals surface area (Å²) in [7, 11) is 0. The summed E-state index contributed by atoms with van der Waals surface area (Å²) in [4.78, 5) is 15.0. The van der Waals surface area contributed by atoms with Crippen LogP contribution in [0.5, 0.6) is 0 Å². The zero-order chi connectivity index (χ0) is 13.8. The van der Waals surface area contributed by atoms with Crippen molar-refractivity contribution < 1.29 is 9.90 Å². The molecule has 0 aliphatic heterocycles. The maximum atomic E-state index is 11.0. The monoisotopic (exact) mass is 340 g/mol. The lowest BCUT2D eigenvalue weighted by molar-refractivity contribution is 0.0697. The van der Waals surface area contributed by atoms with Gasteiger partial charge in [0.25, 0.3) is 0 Å². The van der Waals surface area contributed by atoms with Crippen LogP contribution >= 0.6 is 27.5 Å². The molecule has 19 heavy (non-hydrogen) atoms. The number of hydrogen-bond donors (Lipinski definition) is 2. The van der Waals surface area contributed by atoms with Gasteiger partial charge in [0.2, 0.25) is 0 Å². The first kappa shape index (κ1) is 13.8. The highest BCUT2D eigenvalue weighted by Crippen LogP contribution is 2.20. The van der Waals surface area contributed by atoms with Crippen molar-refractivity contribution in [2.24, 2.45) is 0 Å². The molecule has 0 saturated carbocycles. The molecule has 0 fully saturated rings. The number of carbonyl (C=O) groups is 1. The third-order valence-corrected chi connectivity index (χ3v) is 3.58. The van der Waals surface area contributed by atoms with Gasteiger partial charge in [0, 0.05) is 17.2 Å². The maximum Gasteiger partial charge on any atom is 0.337 e. The number of pyridine rings is 1. The zero-order valence-corrected chi connectivity index (χ0v) is 12.1. The molecule has 0 radical (unpaired) electrons. The maximum absolute atomic E-state index is 11.0. The minimum atomic E-state index is -1.07. The van der Waals surface area contributed by atoms with E-state index in [4.69, 9.17) is 16.7 Å². The van der Waals surface area contributed by atoms with E-state index in [9.17, 15) is 4.79 Å². The van der Waals surface area contributed by atoms with E-state index < -0.39 is 5.97 Å². The predicted molar refractivity (Wildman–Crippen MR) is 77.7 cm³/mol. The second kappa shape index (κ2) is 6.04. The Kier molecular flexibility index (Phi) is 4.39. The largest absolute Gasteiger partial charge is 0.478 e. The summed E-state index contributed by atoms with van der Waals surface area (Å²) < 4.78 is 0.981. The van der Waals surface area contributed by atoms with Gasteiger partial charge in [0.1, 0.15) is 5.82 Å². The van der Waals surface area contributed by atoms with Gasteiger partial charge in [-0.2, -0.15) is 0 Å². The van der Waals surface area contributed by atoms with E-state index in [1.165, 1.54) is 12.3 Å². The van der Waals surface area contributed by atoms with Crippen LogP contribution in [0, 0.1) is 0 Å². The fourth-order valence-corrected chi connectivity index (χ4v) is 2.14. The van der Waals surface area contributed by atoms with Crippen molar-refractivity contribution in [3.05, 3.63) is 57.2 Å². The Hall–Kier alpha value is -1.59. The van der Waals surface area contributed by atoms with Gasteiger partial charge in [-0.15, -0.1) is 0 Å². The zero-order valence-electron chi connectivity index (χ0n) is 9.73. The molecular formula is C13H10BrClN2O2. The van der Waals surface area contributed by atoms with Crippen molar-refractivity contribution in [1.29, 1.82) is 0 Å². The van der Waals surface area contributed by atoms with Gasteiger partial charge >= 0.3 is 5.97 Å². The Morgan fingerprint density at radius 1 is 1.42 bits per heavy atom. The quantitative estimate of drug-likeness (QED) is 0.888. The lowest BCUT2D eigenvalue weighted by atomic mass is 10.2. The Bertz CT molecular complexity index is 619. The second-order valence-electron chi connectivity index (χ2n) is 3.80. The van der Waals surface area contributed by atoms with Crippen LogP contribution < -0.4 is 5.32 Å². The van der Waals surface area contributed by atoms with Gasteiger partial charge in [-0.25, -0.2) is 9.78 Å². The van der Waals surface area contributed by atoms with E-state index in [0.717, 1.165) is 10.0 Å². The highest BCUT2D eigenvalue weighted by atomic mass is 79.9. The van der Waals surface area contributed by atoms with Crippen molar-refractivity contribution in [3.63, 3.8) is 0 Å². The molecule has 0 unspecified atom stereocenters. The van der Waals surface area contributed by atoms with Gasteiger partial charge in [-0.05, 0) is 17.7 Å². The Morgan fingerprint density at radius 2 is 2.16 bits per heavy atom. The molecule has 2 rings (SSSR count). The van der Waals surface area contributed by atoms with Crippen LogP contribution in [0.3, 0.4) is 0 Å². The molecule has 6 heteroatoms. The average Bonchev–Trinajstić information content (AvgIpc) is 2.39. The molecule has 2 N–H and O–H groups in total. The first-order chi connectivity index (χ1) is 9.08. The molecule has 98 valence electrons. The SMILES string of the molecule is O=C(O)c1cc(NCc2ccccc2Br)ncc1Cl. The van der Waals surface area contributed by atoms with Gasteiger partial charge in [0.15, 0.2) is 0 Å². The molecule has 2 aromatic rings. The lowest BCUT2D eigenvalue weighted by Gasteiger charge is -2.08. The first-order valence-corrected chi connectivity index (χ1v) is 6.61. The summed E-state index contributed by atoms with van der Waals surface area (Å²) in [6.45, 7) is 0.537. The third-order valence-electron chi connectivity index (χ3n) is 2.50. The van der Waals surface area contributed by atoms with Crippen LogP contribution in [0.2, 0.25) is 5.02 Å². The Labute approximate surface area is 123 Å². The fourth-order valence-electron chi connectivity index (χ4n) is 1.53. The summed E-state index contributed by atoms with van der Waals surface area (Å²) in [6.07, 6.45) is 1.33. The van der Waals surface area contributed by atoms with Crippen molar-refractivity contribution in [3.8, 4) is 0 Å². The summed E-state index contributed by atoms with van der Waals surface area (Å²) in [5.41, 5.74) is 1.09. The fraction of sp³-hybridized carbons (Fsp3) is 0.0769. The van der Waals surface area contributed by atoms with Crippen molar-refractivity contribution >= 4 is 39.3 Å². The number of anilines is 1. The number of nitrogens with one attached hydrogen (secondary N) is 1. The van der Waals surface area contributed by atoms with E-state index in [1.807, 2.05) is 24.3 Å². The molecule has 4 nitrogen and oxygen atoms in total. The van der Waals surface area contributed by atoms with Gasteiger partial charge in [0.05, 0.1) is 10.6 Å². The van der Waals surface area contributed by atoms with Gasteiger partial charge < -0.3 is 10.4 Å². The molecule has 0 saturated heterocycles. The first-order valence-electron chi connectivity index (χ1n) is 5.44. The molecule has 1 aromatic carbocycles. The lowest BCUT2D eigenvalue weighted by Crippen LogP contribution is -2.05. The van der Waals surface area contributed by atoms with Crippen LogP contribution in [0.4, 0.5) is 5.82 Å². The number of aromatic carboxylic acids is 1. The summed E-state index contributed by atoms with van der Waals surface area (Å²) in [5, 5.41) is 12.2. The standard InChI is InChI=1S/C13H10BrClN2O2/c14-10-4-2-1-3-8(10)6-16-12-5-9(13(18)19)11(15)7-17-12/h1-5,7H,6H2,(H,16,17)(H,18,19). The molecule has 0 amide bonds. The molecule has 1 heterocycles. The van der Waals surface area contributed by atoms with Crippen LogP contribution in [0.1, 0.15) is 15.9 Å². The number of hydrogen-bond acceptors (Lipinski definition) is 3. The highest BCUT2D eigenvalue weighted by Gasteiger charge is 2.10. The molecule has 0 spiro atoms. The Balaban J connectivity index is 2.14. The normalized spacial score (nSPS) is 10.2. The van der Waals surface area contributed by atoms with E-state index >= 15 is 0 Å². The van der Waals surface area contributed by atoms with Crippen LogP contribution in [0.25, 0.3) is 0 Å². The molecular weight excluding hydrogens is 332 g/mol. The minimum absolute atomic E-state index is 0.0336. The summed E-state index contributed by atoms with van der Waals surface area (Å²) in [5.74, 6) is -0.603. The van der Waals surface area contributed by atoms with E-state index in [0.29, 0.717) is 12.4 Å². The summed E-state index contributed by atoms with van der Waals surface area (Å²) in [6, 6.07) is 9.18. The molecule has 0 atom stereocenters. The molecule has 0 aliphatic rings. The smallest absolute Gasteiger partial charge is 0.337 e. The van der Waals surface area contributed by atoms with E-state index in [-0.39, 0.29) is 10.6 Å². The summed E-state index contributed by atoms with van der Waals surface area (Å²) >= 11 is 9.20. The van der Waals surface area contributed by atoms with Crippen molar-refractivity contribution in [1.82, 2.24) is 4.98 Å². The van der Waals surface area contributed by atoms with Crippen molar-refractivity contribution in [2.75, 3.05) is 5.32 Å². The number of rotatable bonds is 4. The Morgan fingerprint density at radius 3 is 2.84 bits per heavy atom. The average molecular weight is 342 g/mol. The number of halogens is 2. The van der Waals surface area contributed by atoms with Crippen molar-refractivity contribution in [2.45, 2.75) is 6.54 Å². The number of carboxylic acids is 1. The number of aromatic nitrogens is 1. The van der Waals surface area contributed by atoms with Gasteiger partial charge in [-0.1, -0.05) is 45.7 Å². The van der Waals surface area contributed by atoms with Gasteiger partial charge in [-0.3, -0.25) is 0 Å². The van der Waals surface area contributed by atoms with E-state index in [2.05, 4.69) is 26.2 Å². The number of nitrogens with zero attached hydrogens (tertiary/aromatic N) is 1. The molecule has 0 bridgehead atoms. The highest BCUT2D eigenvalue weighted by molar-refractivity contribution is 9.10. The van der Waals surface area contributed by atoms with Crippen LogP contribution in [-0.2, 0) is 6.54 Å². The van der Waals surface area contributed by atoms with E-state index in [1.54, 1.807) is 0 Å². The third kappa shape index (κ3) is 3.45. The molecule has 0 aliphatic carbocycles. The second-order valence-corrected chi connectivity index (χ2v) is 5.06. The number of carboxylic acid groups (broad SMARTS) is 1.